The van der Waals surface area contributed by atoms with E-state index in [2.05, 4.69) is 5.32 Å². The molecule has 0 aliphatic rings. The zero-order chi connectivity index (χ0) is 12.8. The normalized spacial score (nSPS) is 11.9. The zero-order valence-corrected chi connectivity index (χ0v) is 10.1. The van der Waals surface area contributed by atoms with Crippen LogP contribution in [0.15, 0.2) is 18.2 Å². The molecule has 0 radical (unpaired) electrons. The third-order valence-corrected chi connectivity index (χ3v) is 2.42. The molecule has 0 aromatic heterocycles. The van der Waals surface area contributed by atoms with Gasteiger partial charge in [-0.15, -0.1) is 0 Å². The highest BCUT2D eigenvalue weighted by Gasteiger charge is 2.09. The molecule has 1 aromatic carbocycles. The van der Waals surface area contributed by atoms with Gasteiger partial charge in [0.2, 0.25) is 0 Å². The van der Waals surface area contributed by atoms with Gasteiger partial charge in [0.25, 0.3) is 0 Å². The second kappa shape index (κ2) is 6.32. The average molecular weight is 260 g/mol. The number of carboxylic acid groups (broad SMARTS) is 1. The molecule has 0 spiro atoms. The molecule has 94 valence electrons. The molecule has 1 atom stereocenters. The van der Waals surface area contributed by atoms with Crippen molar-refractivity contribution in [2.45, 2.75) is 12.5 Å². The van der Waals surface area contributed by atoms with Gasteiger partial charge in [-0.2, -0.15) is 0 Å². The van der Waals surface area contributed by atoms with Crippen molar-refractivity contribution in [3.05, 3.63) is 23.2 Å². The summed E-state index contributed by atoms with van der Waals surface area (Å²) in [6, 6.07) is 5.06. The Labute approximate surface area is 104 Å². The highest BCUT2D eigenvalue weighted by atomic mass is 35.5. The fourth-order valence-corrected chi connectivity index (χ4v) is 1.47. The maximum Gasteiger partial charge on any atom is 0.306 e. The van der Waals surface area contributed by atoms with Crippen LogP contribution in [-0.4, -0.2) is 35.9 Å². The van der Waals surface area contributed by atoms with Crippen molar-refractivity contribution in [2.24, 2.45) is 0 Å². The van der Waals surface area contributed by atoms with Crippen LogP contribution < -0.4 is 10.1 Å². The second-order valence-electron chi connectivity index (χ2n) is 3.48. The number of carbonyl (C=O) groups is 1. The number of aliphatic hydroxyl groups excluding tert-OH is 1. The number of anilines is 1. The monoisotopic (exact) mass is 259 g/mol. The lowest BCUT2D eigenvalue weighted by molar-refractivity contribution is -0.138. The molecule has 1 unspecified atom stereocenters. The summed E-state index contributed by atoms with van der Waals surface area (Å²) in [7, 11) is 1.50. The minimum atomic E-state index is -1.03. The van der Waals surface area contributed by atoms with Gasteiger partial charge in [-0.3, -0.25) is 4.79 Å². The Morgan fingerprint density at radius 2 is 2.29 bits per heavy atom. The first-order chi connectivity index (χ1) is 8.02. The lowest BCUT2D eigenvalue weighted by atomic mass is 10.2. The second-order valence-corrected chi connectivity index (χ2v) is 3.89. The summed E-state index contributed by atoms with van der Waals surface area (Å²) in [6.07, 6.45) is -1.23. The Morgan fingerprint density at radius 1 is 1.59 bits per heavy atom. The number of methoxy groups -OCH3 is 1. The van der Waals surface area contributed by atoms with Crippen LogP contribution in [0.3, 0.4) is 0 Å². The largest absolute Gasteiger partial charge is 0.495 e. The van der Waals surface area contributed by atoms with E-state index in [1.54, 1.807) is 18.2 Å². The van der Waals surface area contributed by atoms with Crippen LogP contribution in [0.4, 0.5) is 5.69 Å². The summed E-state index contributed by atoms with van der Waals surface area (Å²) < 4.78 is 5.03. The summed E-state index contributed by atoms with van der Waals surface area (Å²) in [5.74, 6) is -0.516. The van der Waals surface area contributed by atoms with Gasteiger partial charge in [0.15, 0.2) is 0 Å². The number of aliphatic hydroxyl groups is 1. The van der Waals surface area contributed by atoms with Crippen molar-refractivity contribution in [3.63, 3.8) is 0 Å². The molecule has 1 aromatic rings. The van der Waals surface area contributed by atoms with E-state index in [1.165, 1.54) is 7.11 Å². The summed E-state index contributed by atoms with van der Waals surface area (Å²) in [5.41, 5.74) is 0.704. The molecule has 0 saturated carbocycles. The van der Waals surface area contributed by atoms with Crippen LogP contribution in [0.25, 0.3) is 0 Å². The Kier molecular flexibility index (Phi) is 5.06. The molecule has 0 heterocycles. The molecule has 5 nitrogen and oxygen atoms in total. The first kappa shape index (κ1) is 13.6. The summed E-state index contributed by atoms with van der Waals surface area (Å²) in [4.78, 5) is 10.3. The van der Waals surface area contributed by atoms with Crippen molar-refractivity contribution in [3.8, 4) is 5.75 Å². The highest BCUT2D eigenvalue weighted by Crippen LogP contribution is 2.27. The highest BCUT2D eigenvalue weighted by molar-refractivity contribution is 6.32. The summed E-state index contributed by atoms with van der Waals surface area (Å²) >= 11 is 5.85. The minimum Gasteiger partial charge on any atom is -0.495 e. The molecule has 0 bridgehead atoms. The van der Waals surface area contributed by atoms with E-state index in [-0.39, 0.29) is 13.0 Å². The molecule has 0 fully saturated rings. The van der Waals surface area contributed by atoms with Crippen molar-refractivity contribution in [1.82, 2.24) is 0 Å². The van der Waals surface area contributed by atoms with E-state index in [0.717, 1.165) is 0 Å². The number of ether oxygens (including phenoxy) is 1. The third-order valence-electron chi connectivity index (χ3n) is 2.10. The number of carboxylic acids is 1. The molecule has 17 heavy (non-hydrogen) atoms. The Morgan fingerprint density at radius 3 is 2.88 bits per heavy atom. The van der Waals surface area contributed by atoms with E-state index in [0.29, 0.717) is 16.5 Å². The number of rotatable bonds is 6. The molecule has 3 N–H and O–H groups in total. The molecule has 1 rings (SSSR count). The minimum absolute atomic E-state index is 0.150. The van der Waals surface area contributed by atoms with Crippen LogP contribution in [0.1, 0.15) is 6.42 Å². The van der Waals surface area contributed by atoms with Gasteiger partial charge in [-0.05, 0) is 12.1 Å². The van der Waals surface area contributed by atoms with E-state index in [1.807, 2.05) is 0 Å². The fraction of sp³-hybridized carbons (Fsp3) is 0.364. The number of nitrogens with one attached hydrogen (secondary N) is 1. The van der Waals surface area contributed by atoms with Gasteiger partial charge >= 0.3 is 5.97 Å². The predicted molar refractivity (Wildman–Crippen MR) is 64.8 cm³/mol. The average Bonchev–Trinajstić information content (AvgIpc) is 2.27. The molecular formula is C11H14ClNO4. The molecule has 0 aliphatic heterocycles. The topological polar surface area (TPSA) is 78.8 Å². The van der Waals surface area contributed by atoms with Crippen LogP contribution in [0.2, 0.25) is 5.02 Å². The van der Waals surface area contributed by atoms with Gasteiger partial charge in [-0.25, -0.2) is 0 Å². The number of hydrogen-bond donors (Lipinski definition) is 3. The van der Waals surface area contributed by atoms with Crippen LogP contribution in [-0.2, 0) is 4.79 Å². The molecule has 6 heteroatoms. The lowest BCUT2D eigenvalue weighted by Gasteiger charge is -2.12. The Hall–Kier alpha value is -1.46. The molecule has 0 saturated heterocycles. The Balaban J connectivity index is 2.54. The van der Waals surface area contributed by atoms with Gasteiger partial charge in [0, 0.05) is 18.3 Å². The van der Waals surface area contributed by atoms with Gasteiger partial charge in [0.05, 0.1) is 24.7 Å². The summed E-state index contributed by atoms with van der Waals surface area (Å²) in [5, 5.41) is 21.2. The van der Waals surface area contributed by atoms with E-state index < -0.39 is 12.1 Å². The number of benzene rings is 1. The van der Waals surface area contributed by atoms with Crippen LogP contribution in [0, 0.1) is 0 Å². The first-order valence-corrected chi connectivity index (χ1v) is 5.38. The van der Waals surface area contributed by atoms with Crippen molar-refractivity contribution in [1.29, 1.82) is 0 Å². The molecule has 0 amide bonds. The van der Waals surface area contributed by atoms with E-state index in [4.69, 9.17) is 21.4 Å². The van der Waals surface area contributed by atoms with E-state index >= 15 is 0 Å². The maximum atomic E-state index is 10.3. The first-order valence-electron chi connectivity index (χ1n) is 5.00. The van der Waals surface area contributed by atoms with Gasteiger partial charge in [0.1, 0.15) is 5.75 Å². The Bertz CT molecular complexity index is 397. The quantitative estimate of drug-likeness (QED) is 0.723. The predicted octanol–water partition coefficient (Wildman–Crippen LogP) is 1.60. The number of hydrogen-bond acceptors (Lipinski definition) is 4. The third kappa shape index (κ3) is 4.50. The fourth-order valence-electron chi connectivity index (χ4n) is 1.28. The number of aliphatic carboxylic acids is 1. The molecule has 0 aliphatic carbocycles. The SMILES string of the molecule is COc1cc(NCC(O)CC(=O)O)ccc1Cl. The van der Waals surface area contributed by atoms with Crippen LogP contribution in [0.5, 0.6) is 5.75 Å². The zero-order valence-electron chi connectivity index (χ0n) is 9.31. The van der Waals surface area contributed by atoms with Crippen molar-refractivity contribution >= 4 is 23.3 Å². The van der Waals surface area contributed by atoms with Crippen LogP contribution >= 0.6 is 11.6 Å². The lowest BCUT2D eigenvalue weighted by Crippen LogP contribution is -2.22. The smallest absolute Gasteiger partial charge is 0.306 e. The van der Waals surface area contributed by atoms with Crippen molar-refractivity contribution < 1.29 is 19.7 Å². The van der Waals surface area contributed by atoms with Crippen molar-refractivity contribution in [2.75, 3.05) is 19.0 Å². The van der Waals surface area contributed by atoms with E-state index in [9.17, 15) is 9.90 Å². The van der Waals surface area contributed by atoms with Gasteiger partial charge < -0.3 is 20.3 Å². The standard InChI is InChI=1S/C11H14ClNO4/c1-17-10-4-7(2-3-9(10)12)13-6-8(14)5-11(15)16/h2-4,8,13-14H,5-6H2,1H3,(H,15,16). The molecular weight excluding hydrogens is 246 g/mol. The summed E-state index contributed by atoms with van der Waals surface area (Å²) in [6.45, 7) is 0.150. The maximum absolute atomic E-state index is 10.3. The number of halogens is 1. The van der Waals surface area contributed by atoms with Gasteiger partial charge in [-0.1, -0.05) is 11.6 Å².